The summed E-state index contributed by atoms with van der Waals surface area (Å²) in [5.41, 5.74) is 3.10. The van der Waals surface area contributed by atoms with E-state index in [-0.39, 0.29) is 5.54 Å². The smallest absolute Gasteiger partial charge is 0.0401 e. The van der Waals surface area contributed by atoms with E-state index in [1.54, 1.807) is 0 Å². The minimum absolute atomic E-state index is 0.160. The van der Waals surface area contributed by atoms with Crippen LogP contribution in [0.5, 0.6) is 0 Å². The lowest BCUT2D eigenvalue weighted by Gasteiger charge is -2.42. The van der Waals surface area contributed by atoms with Crippen molar-refractivity contribution in [3.05, 3.63) is 29.8 Å². The predicted molar refractivity (Wildman–Crippen MR) is 79.3 cm³/mol. The molecular weight excluding hydrogens is 220 g/mol. The van der Waals surface area contributed by atoms with Crippen LogP contribution in [0, 0.1) is 0 Å². The minimum Gasteiger partial charge on any atom is -0.367 e. The molecule has 0 spiro atoms. The van der Waals surface area contributed by atoms with Crippen molar-refractivity contribution in [1.82, 2.24) is 5.32 Å². The molecule has 0 fully saturated rings. The van der Waals surface area contributed by atoms with Crippen LogP contribution < -0.4 is 10.2 Å². The normalized spacial score (nSPS) is 19.8. The SMILES string of the molecule is CCNC(C)(C)CN1c2ccccc2CCC1C. The van der Waals surface area contributed by atoms with E-state index >= 15 is 0 Å². The zero-order chi connectivity index (χ0) is 13.2. The van der Waals surface area contributed by atoms with Crippen LogP contribution in [0.4, 0.5) is 5.69 Å². The van der Waals surface area contributed by atoms with E-state index in [4.69, 9.17) is 0 Å². The summed E-state index contributed by atoms with van der Waals surface area (Å²) >= 11 is 0. The first kappa shape index (κ1) is 13.4. The van der Waals surface area contributed by atoms with Crippen LogP contribution in [-0.4, -0.2) is 24.7 Å². The van der Waals surface area contributed by atoms with Gasteiger partial charge in [-0.05, 0) is 51.8 Å². The van der Waals surface area contributed by atoms with Gasteiger partial charge in [0, 0.05) is 23.8 Å². The number of likely N-dealkylation sites (N-methyl/N-ethyl adjacent to an activating group) is 1. The van der Waals surface area contributed by atoms with E-state index in [0.29, 0.717) is 6.04 Å². The van der Waals surface area contributed by atoms with E-state index in [0.717, 1.165) is 13.1 Å². The van der Waals surface area contributed by atoms with E-state index in [9.17, 15) is 0 Å². The average Bonchev–Trinajstić information content (AvgIpc) is 2.33. The van der Waals surface area contributed by atoms with Crippen molar-refractivity contribution in [1.29, 1.82) is 0 Å². The van der Waals surface area contributed by atoms with Crippen molar-refractivity contribution >= 4 is 5.69 Å². The van der Waals surface area contributed by atoms with Crippen LogP contribution >= 0.6 is 0 Å². The number of nitrogens with zero attached hydrogens (tertiary/aromatic N) is 1. The molecule has 2 heteroatoms. The van der Waals surface area contributed by atoms with Gasteiger partial charge in [-0.15, -0.1) is 0 Å². The molecule has 0 aliphatic carbocycles. The fourth-order valence-corrected chi connectivity index (χ4v) is 2.96. The molecule has 100 valence electrons. The van der Waals surface area contributed by atoms with Crippen LogP contribution in [0.1, 0.15) is 39.7 Å². The van der Waals surface area contributed by atoms with Gasteiger partial charge < -0.3 is 10.2 Å². The molecule has 0 radical (unpaired) electrons. The Morgan fingerprint density at radius 2 is 2.06 bits per heavy atom. The van der Waals surface area contributed by atoms with Crippen molar-refractivity contribution in [2.75, 3.05) is 18.0 Å². The maximum atomic E-state index is 3.58. The molecule has 18 heavy (non-hydrogen) atoms. The highest BCUT2D eigenvalue weighted by Crippen LogP contribution is 2.31. The van der Waals surface area contributed by atoms with Gasteiger partial charge >= 0.3 is 0 Å². The second-order valence-electron chi connectivity index (χ2n) is 6.06. The van der Waals surface area contributed by atoms with E-state index in [2.05, 4.69) is 62.2 Å². The molecule has 0 bridgehead atoms. The highest BCUT2D eigenvalue weighted by molar-refractivity contribution is 5.56. The molecule has 1 heterocycles. The second-order valence-corrected chi connectivity index (χ2v) is 6.06. The maximum absolute atomic E-state index is 3.58. The maximum Gasteiger partial charge on any atom is 0.0401 e. The average molecular weight is 246 g/mol. The molecule has 1 N–H and O–H groups in total. The fraction of sp³-hybridized carbons (Fsp3) is 0.625. The summed E-state index contributed by atoms with van der Waals surface area (Å²) < 4.78 is 0. The number of hydrogen-bond acceptors (Lipinski definition) is 2. The molecule has 0 amide bonds. The first-order valence-electron chi connectivity index (χ1n) is 7.13. The van der Waals surface area contributed by atoms with Gasteiger partial charge in [-0.1, -0.05) is 25.1 Å². The Morgan fingerprint density at radius 1 is 1.33 bits per heavy atom. The van der Waals surface area contributed by atoms with E-state index in [1.807, 2.05) is 0 Å². The highest BCUT2D eigenvalue weighted by Gasteiger charge is 2.28. The molecule has 0 aromatic heterocycles. The largest absolute Gasteiger partial charge is 0.367 e. The van der Waals surface area contributed by atoms with Gasteiger partial charge in [0.05, 0.1) is 0 Å². The lowest BCUT2D eigenvalue weighted by Crippen LogP contribution is -2.52. The lowest BCUT2D eigenvalue weighted by molar-refractivity contribution is 0.377. The Hall–Kier alpha value is -1.02. The minimum atomic E-state index is 0.160. The summed E-state index contributed by atoms with van der Waals surface area (Å²) in [5, 5.41) is 3.58. The Labute approximate surface area is 111 Å². The van der Waals surface area contributed by atoms with Gasteiger partial charge in [0.2, 0.25) is 0 Å². The Balaban J connectivity index is 2.21. The predicted octanol–water partition coefficient (Wildman–Crippen LogP) is 3.22. The zero-order valence-corrected chi connectivity index (χ0v) is 12.2. The molecule has 0 saturated carbocycles. The fourth-order valence-electron chi connectivity index (χ4n) is 2.96. The third-order valence-electron chi connectivity index (χ3n) is 3.89. The van der Waals surface area contributed by atoms with Crippen LogP contribution in [0.25, 0.3) is 0 Å². The number of anilines is 1. The first-order chi connectivity index (χ1) is 8.53. The van der Waals surface area contributed by atoms with Crippen molar-refractivity contribution in [3.63, 3.8) is 0 Å². The highest BCUT2D eigenvalue weighted by atomic mass is 15.2. The molecule has 1 atom stereocenters. The number of para-hydroxylation sites is 1. The number of aryl methyl sites for hydroxylation is 1. The third kappa shape index (κ3) is 2.86. The third-order valence-corrected chi connectivity index (χ3v) is 3.89. The number of nitrogens with one attached hydrogen (secondary N) is 1. The molecule has 1 unspecified atom stereocenters. The van der Waals surface area contributed by atoms with Crippen LogP contribution in [0.2, 0.25) is 0 Å². The van der Waals surface area contributed by atoms with Crippen LogP contribution in [0.3, 0.4) is 0 Å². The van der Waals surface area contributed by atoms with E-state index in [1.165, 1.54) is 24.1 Å². The summed E-state index contributed by atoms with van der Waals surface area (Å²) in [6.07, 6.45) is 2.48. The van der Waals surface area contributed by atoms with Crippen molar-refractivity contribution < 1.29 is 0 Å². The van der Waals surface area contributed by atoms with Gasteiger partial charge in [-0.2, -0.15) is 0 Å². The van der Waals surface area contributed by atoms with E-state index < -0.39 is 0 Å². The molecule has 0 saturated heterocycles. The van der Waals surface area contributed by atoms with Gasteiger partial charge in [0.25, 0.3) is 0 Å². The van der Waals surface area contributed by atoms with Gasteiger partial charge in [0.15, 0.2) is 0 Å². The first-order valence-corrected chi connectivity index (χ1v) is 7.13. The quantitative estimate of drug-likeness (QED) is 0.877. The lowest BCUT2D eigenvalue weighted by atomic mass is 9.94. The Bertz CT molecular complexity index is 398. The summed E-state index contributed by atoms with van der Waals surface area (Å²) in [5.74, 6) is 0. The van der Waals surface area contributed by atoms with Crippen molar-refractivity contribution in [2.45, 2.75) is 52.1 Å². The van der Waals surface area contributed by atoms with Crippen molar-refractivity contribution in [2.24, 2.45) is 0 Å². The summed E-state index contributed by atoms with van der Waals surface area (Å²) in [7, 11) is 0. The van der Waals surface area contributed by atoms with Crippen LogP contribution in [0.15, 0.2) is 24.3 Å². The Morgan fingerprint density at radius 3 is 2.78 bits per heavy atom. The monoisotopic (exact) mass is 246 g/mol. The molecule has 2 rings (SSSR count). The zero-order valence-electron chi connectivity index (χ0n) is 12.2. The number of hydrogen-bond donors (Lipinski definition) is 1. The summed E-state index contributed by atoms with van der Waals surface area (Å²) in [6.45, 7) is 11.2. The van der Waals surface area contributed by atoms with Gasteiger partial charge in [-0.25, -0.2) is 0 Å². The summed E-state index contributed by atoms with van der Waals surface area (Å²) in [4.78, 5) is 2.57. The van der Waals surface area contributed by atoms with Crippen LogP contribution in [-0.2, 0) is 6.42 Å². The van der Waals surface area contributed by atoms with Crippen molar-refractivity contribution in [3.8, 4) is 0 Å². The Kier molecular flexibility index (Phi) is 3.96. The second kappa shape index (κ2) is 5.31. The van der Waals surface area contributed by atoms with Gasteiger partial charge in [0.1, 0.15) is 0 Å². The molecule has 1 aromatic carbocycles. The standard InChI is InChI=1S/C16H26N2/c1-5-17-16(3,4)12-18-13(2)10-11-14-8-6-7-9-15(14)18/h6-9,13,17H,5,10-12H2,1-4H3. The number of fused-ring (bicyclic) bond motifs is 1. The number of benzene rings is 1. The molecule has 1 aliphatic heterocycles. The summed E-state index contributed by atoms with van der Waals surface area (Å²) in [6, 6.07) is 9.49. The molecule has 1 aliphatic rings. The number of rotatable bonds is 4. The molecular formula is C16H26N2. The van der Waals surface area contributed by atoms with Gasteiger partial charge in [-0.3, -0.25) is 0 Å². The molecule has 1 aromatic rings. The molecule has 2 nitrogen and oxygen atoms in total. The topological polar surface area (TPSA) is 15.3 Å².